The summed E-state index contributed by atoms with van der Waals surface area (Å²) < 4.78 is 31.7. The molecule has 2 atom stereocenters. The van der Waals surface area contributed by atoms with Crippen LogP contribution in [0.3, 0.4) is 0 Å². The summed E-state index contributed by atoms with van der Waals surface area (Å²) in [5.41, 5.74) is 5.76. The molecule has 1 aliphatic heterocycles. The number of hydrogen-bond donors (Lipinski definition) is 3. The van der Waals surface area contributed by atoms with E-state index in [9.17, 15) is 18.0 Å². The highest BCUT2D eigenvalue weighted by Gasteiger charge is 2.38. The smallest absolute Gasteiger partial charge is 0.475 e. The average Bonchev–Trinajstić information content (AvgIpc) is 2.64. The number of alkyl halides is 3. The number of carboxylic acid groups (broad SMARTS) is 1. The summed E-state index contributed by atoms with van der Waals surface area (Å²) >= 11 is 0. The van der Waals surface area contributed by atoms with Gasteiger partial charge in [-0.15, -0.1) is 0 Å². The first kappa shape index (κ1) is 17.4. The van der Waals surface area contributed by atoms with E-state index >= 15 is 0 Å². The summed E-state index contributed by atoms with van der Waals surface area (Å²) in [7, 11) is 0. The van der Waals surface area contributed by atoms with Crippen molar-refractivity contribution in [3.8, 4) is 0 Å². The predicted octanol–water partition coefficient (Wildman–Crippen LogP) is 1.05. The molecule has 4 N–H and O–H groups in total. The molecule has 0 aliphatic carbocycles. The Hall–Kier alpha value is -1.57. The van der Waals surface area contributed by atoms with Gasteiger partial charge in [-0.05, 0) is 19.8 Å². The zero-order chi connectivity index (χ0) is 15.1. The standard InChI is InChI=1S/C9H16N2O.C2HF3O2/c1-2-3-8(10)6-7-4-5-11-9(7)12;3-2(4,5)1(6)7/h2-3,7-8H,4-6,10H2,1H3,(H,11,12);(H,6,7)/b3-2+;/t7-,8+;/m0./s1. The van der Waals surface area contributed by atoms with Crippen LogP contribution in [0.5, 0.6) is 0 Å². The number of allylic oxidation sites excluding steroid dienone is 1. The molecule has 5 nitrogen and oxygen atoms in total. The molecule has 0 aromatic heterocycles. The summed E-state index contributed by atoms with van der Waals surface area (Å²) in [6, 6.07) is 0.0313. The van der Waals surface area contributed by atoms with Crippen LogP contribution < -0.4 is 11.1 Å². The van der Waals surface area contributed by atoms with Gasteiger partial charge >= 0.3 is 12.1 Å². The lowest BCUT2D eigenvalue weighted by Crippen LogP contribution is -2.26. The zero-order valence-electron chi connectivity index (χ0n) is 10.4. The first-order valence-corrected chi connectivity index (χ1v) is 5.64. The molecular formula is C11H17F3N2O3. The van der Waals surface area contributed by atoms with Gasteiger partial charge < -0.3 is 16.2 Å². The van der Waals surface area contributed by atoms with E-state index in [-0.39, 0.29) is 17.9 Å². The van der Waals surface area contributed by atoms with Crippen LogP contribution >= 0.6 is 0 Å². The maximum Gasteiger partial charge on any atom is 0.490 e. The first-order chi connectivity index (χ1) is 8.68. The van der Waals surface area contributed by atoms with E-state index in [1.54, 1.807) is 0 Å². The fourth-order valence-corrected chi connectivity index (χ4v) is 1.52. The second-order valence-electron chi connectivity index (χ2n) is 4.00. The summed E-state index contributed by atoms with van der Waals surface area (Å²) in [4.78, 5) is 20.0. The van der Waals surface area contributed by atoms with Gasteiger partial charge in [0, 0.05) is 18.5 Å². The fraction of sp³-hybridized carbons (Fsp3) is 0.636. The van der Waals surface area contributed by atoms with Gasteiger partial charge in [-0.25, -0.2) is 4.79 Å². The van der Waals surface area contributed by atoms with Gasteiger partial charge in [-0.1, -0.05) is 12.2 Å². The van der Waals surface area contributed by atoms with Crippen molar-refractivity contribution in [3.05, 3.63) is 12.2 Å². The molecule has 1 saturated heterocycles. The Bertz CT molecular complexity index is 343. The minimum absolute atomic E-state index is 0.0313. The minimum atomic E-state index is -5.08. The highest BCUT2D eigenvalue weighted by molar-refractivity contribution is 5.80. The number of hydrogen-bond acceptors (Lipinski definition) is 3. The molecule has 0 saturated carbocycles. The van der Waals surface area contributed by atoms with Gasteiger partial charge in [-0.3, -0.25) is 4.79 Å². The summed E-state index contributed by atoms with van der Waals surface area (Å²) in [5, 5.41) is 9.92. The molecule has 0 radical (unpaired) electrons. The molecule has 1 heterocycles. The minimum Gasteiger partial charge on any atom is -0.475 e. The molecule has 0 spiro atoms. The van der Waals surface area contributed by atoms with Crippen molar-refractivity contribution in [1.29, 1.82) is 0 Å². The topological polar surface area (TPSA) is 92.4 Å². The van der Waals surface area contributed by atoms with Crippen molar-refractivity contribution < 1.29 is 27.9 Å². The van der Waals surface area contributed by atoms with E-state index in [4.69, 9.17) is 15.6 Å². The van der Waals surface area contributed by atoms with E-state index in [2.05, 4.69) is 5.32 Å². The Morgan fingerprint density at radius 3 is 2.47 bits per heavy atom. The van der Waals surface area contributed by atoms with E-state index in [1.165, 1.54) is 0 Å². The Kier molecular flexibility index (Phi) is 7.13. The Morgan fingerprint density at radius 2 is 2.16 bits per heavy atom. The lowest BCUT2D eigenvalue weighted by atomic mass is 9.99. The third-order valence-corrected chi connectivity index (χ3v) is 2.40. The zero-order valence-corrected chi connectivity index (χ0v) is 10.4. The van der Waals surface area contributed by atoms with Crippen molar-refractivity contribution in [2.75, 3.05) is 6.54 Å². The van der Waals surface area contributed by atoms with Crippen LogP contribution in [-0.4, -0.2) is 35.7 Å². The van der Waals surface area contributed by atoms with Crippen LogP contribution in [0.25, 0.3) is 0 Å². The number of carbonyl (C=O) groups excluding carboxylic acids is 1. The van der Waals surface area contributed by atoms with Crippen LogP contribution in [0.1, 0.15) is 19.8 Å². The van der Waals surface area contributed by atoms with E-state index in [0.717, 1.165) is 19.4 Å². The second kappa shape index (κ2) is 7.78. The fourth-order valence-electron chi connectivity index (χ4n) is 1.52. The molecule has 0 bridgehead atoms. The van der Waals surface area contributed by atoms with Crippen molar-refractivity contribution in [1.82, 2.24) is 5.32 Å². The van der Waals surface area contributed by atoms with Crippen LogP contribution in [0.15, 0.2) is 12.2 Å². The number of nitrogens with two attached hydrogens (primary N) is 1. The molecule has 1 fully saturated rings. The van der Waals surface area contributed by atoms with Gasteiger partial charge in [0.05, 0.1) is 0 Å². The Balaban J connectivity index is 0.000000399. The predicted molar refractivity (Wildman–Crippen MR) is 62.2 cm³/mol. The van der Waals surface area contributed by atoms with Crippen molar-refractivity contribution >= 4 is 11.9 Å². The number of carbonyl (C=O) groups is 2. The number of amides is 1. The highest BCUT2D eigenvalue weighted by atomic mass is 19.4. The third-order valence-electron chi connectivity index (χ3n) is 2.40. The van der Waals surface area contributed by atoms with Crippen LogP contribution in [0.4, 0.5) is 13.2 Å². The molecular weight excluding hydrogens is 265 g/mol. The average molecular weight is 282 g/mol. The van der Waals surface area contributed by atoms with Gasteiger partial charge in [0.1, 0.15) is 0 Å². The van der Waals surface area contributed by atoms with Crippen molar-refractivity contribution in [2.45, 2.75) is 32.0 Å². The van der Waals surface area contributed by atoms with Gasteiger partial charge in [-0.2, -0.15) is 13.2 Å². The lowest BCUT2D eigenvalue weighted by Gasteiger charge is -2.09. The van der Waals surface area contributed by atoms with Crippen molar-refractivity contribution in [3.63, 3.8) is 0 Å². The Morgan fingerprint density at radius 1 is 1.63 bits per heavy atom. The SMILES string of the molecule is C/C=C/[C@@H](N)C[C@@H]1CCNC1=O.O=C(O)C(F)(F)F. The lowest BCUT2D eigenvalue weighted by molar-refractivity contribution is -0.192. The van der Waals surface area contributed by atoms with E-state index in [1.807, 2.05) is 19.1 Å². The van der Waals surface area contributed by atoms with Crippen LogP contribution in [0, 0.1) is 5.92 Å². The number of nitrogens with one attached hydrogen (secondary N) is 1. The normalized spacial score (nSPS) is 20.7. The molecule has 0 unspecified atom stereocenters. The van der Waals surface area contributed by atoms with Gasteiger partial charge in [0.25, 0.3) is 0 Å². The summed E-state index contributed by atoms with van der Waals surface area (Å²) in [6.45, 7) is 2.75. The largest absolute Gasteiger partial charge is 0.490 e. The maximum absolute atomic E-state index is 11.1. The molecule has 1 amide bonds. The van der Waals surface area contributed by atoms with Crippen LogP contribution in [0.2, 0.25) is 0 Å². The molecule has 110 valence electrons. The molecule has 0 aromatic rings. The van der Waals surface area contributed by atoms with E-state index in [0.29, 0.717) is 0 Å². The number of aliphatic carboxylic acids is 1. The third kappa shape index (κ3) is 7.45. The Labute approximate surface area is 108 Å². The molecule has 1 aliphatic rings. The van der Waals surface area contributed by atoms with Crippen LogP contribution in [-0.2, 0) is 9.59 Å². The van der Waals surface area contributed by atoms with E-state index < -0.39 is 12.1 Å². The monoisotopic (exact) mass is 282 g/mol. The first-order valence-electron chi connectivity index (χ1n) is 5.64. The number of rotatable bonds is 3. The summed E-state index contributed by atoms with van der Waals surface area (Å²) in [6.07, 6.45) is 0.489. The van der Waals surface area contributed by atoms with Gasteiger partial charge in [0.15, 0.2) is 0 Å². The second-order valence-corrected chi connectivity index (χ2v) is 4.00. The highest BCUT2D eigenvalue weighted by Crippen LogP contribution is 2.15. The molecule has 1 rings (SSSR count). The van der Waals surface area contributed by atoms with Crippen molar-refractivity contribution in [2.24, 2.45) is 11.7 Å². The summed E-state index contributed by atoms with van der Waals surface area (Å²) in [5.74, 6) is -2.46. The quantitative estimate of drug-likeness (QED) is 0.675. The number of carboxylic acids is 1. The van der Waals surface area contributed by atoms with Gasteiger partial charge in [0.2, 0.25) is 5.91 Å². The molecule has 19 heavy (non-hydrogen) atoms. The molecule has 0 aromatic carbocycles. The molecule has 8 heteroatoms. The number of halogens is 3. The maximum atomic E-state index is 11.1.